The monoisotopic (exact) mass is 470 g/mol. The summed E-state index contributed by atoms with van der Waals surface area (Å²) in [4.78, 5) is 12.2. The number of allylic oxidation sites excluding steroid dienone is 4. The van der Waals surface area contributed by atoms with Gasteiger partial charge in [-0.1, -0.05) is 42.0 Å². The minimum absolute atomic E-state index is 0.651. The molecule has 4 aliphatic rings. The fourth-order valence-corrected chi connectivity index (χ4v) is 5.69. The number of hydrogen-bond donors (Lipinski definition) is 0. The van der Waals surface area contributed by atoms with Crippen molar-refractivity contribution in [1.29, 1.82) is 0 Å². The number of ether oxygens (including phenoxy) is 2. The average molecular weight is 471 g/mol. The molecule has 0 N–H and O–H groups in total. The summed E-state index contributed by atoms with van der Waals surface area (Å²) in [6, 6.07) is 11.3. The van der Waals surface area contributed by atoms with Gasteiger partial charge in [0, 0.05) is 63.3 Å². The Hall–Kier alpha value is -3.25. The van der Waals surface area contributed by atoms with E-state index in [2.05, 4.69) is 62.2 Å². The zero-order valence-electron chi connectivity index (χ0n) is 20.3. The molecule has 4 heterocycles. The van der Waals surface area contributed by atoms with E-state index in [1.165, 1.54) is 29.5 Å². The van der Waals surface area contributed by atoms with Crippen molar-refractivity contribution in [3.8, 4) is 0 Å². The molecule has 6 heteroatoms. The quantitative estimate of drug-likeness (QED) is 0.600. The maximum Gasteiger partial charge on any atom is 0.231 e. The van der Waals surface area contributed by atoms with E-state index in [9.17, 15) is 0 Å². The molecule has 182 valence electrons. The van der Waals surface area contributed by atoms with Gasteiger partial charge in [-0.3, -0.25) is 9.88 Å². The van der Waals surface area contributed by atoms with E-state index in [0.29, 0.717) is 6.04 Å². The van der Waals surface area contributed by atoms with Gasteiger partial charge in [-0.2, -0.15) is 0 Å². The van der Waals surface area contributed by atoms with Crippen LogP contribution in [0.25, 0.3) is 10.9 Å². The van der Waals surface area contributed by atoms with E-state index in [-0.39, 0.29) is 0 Å². The molecule has 0 bridgehead atoms. The highest BCUT2D eigenvalue weighted by Crippen LogP contribution is 2.30. The first-order valence-corrected chi connectivity index (χ1v) is 13.0. The molecular formula is C29H34N4O2. The summed E-state index contributed by atoms with van der Waals surface area (Å²) in [6.07, 6.45) is 17.5. The van der Waals surface area contributed by atoms with Crippen LogP contribution in [0.15, 0.2) is 84.5 Å². The third-order valence-electron chi connectivity index (χ3n) is 7.68. The zero-order valence-corrected chi connectivity index (χ0v) is 20.3. The molecule has 6 rings (SSSR count). The molecule has 35 heavy (non-hydrogen) atoms. The van der Waals surface area contributed by atoms with Crippen LogP contribution >= 0.6 is 0 Å². The number of hydrogen-bond acceptors (Lipinski definition) is 6. The third-order valence-corrected chi connectivity index (χ3v) is 7.68. The lowest BCUT2D eigenvalue weighted by atomic mass is 10.0. The molecule has 0 amide bonds. The van der Waals surface area contributed by atoms with Gasteiger partial charge in [0.15, 0.2) is 6.26 Å². The summed E-state index contributed by atoms with van der Waals surface area (Å²) in [5.74, 6) is 1.73. The fraction of sp³-hybridized carbons (Fsp3) is 0.414. The lowest BCUT2D eigenvalue weighted by molar-refractivity contribution is 0.0579. The molecule has 1 aromatic carbocycles. The molecule has 3 aliphatic heterocycles. The molecule has 0 atom stereocenters. The predicted octanol–water partition coefficient (Wildman–Crippen LogP) is 5.17. The second-order valence-corrected chi connectivity index (χ2v) is 9.84. The Morgan fingerprint density at radius 3 is 2.51 bits per heavy atom. The fourth-order valence-electron chi connectivity index (χ4n) is 5.69. The van der Waals surface area contributed by atoms with Crippen molar-refractivity contribution in [3.05, 3.63) is 84.5 Å². The molecule has 0 radical (unpaired) electrons. The largest absolute Gasteiger partial charge is 0.460 e. The van der Waals surface area contributed by atoms with Crippen LogP contribution in [0.3, 0.4) is 0 Å². The minimum Gasteiger partial charge on any atom is -0.460 e. The standard InChI is InChI=1S/C29H34N4O2/c1-2-6-23(7-3-1)20-26-21-35-28(22-34-26)33-18-16-31(17-19-33)25-11-14-32(15-12-25)27-10-4-8-24-9-5-13-30-29(24)27/h1-2,4-6,8-10,13,21-22,25H,3,7,11-12,14-20H2. The zero-order chi connectivity index (χ0) is 23.5. The number of benzene rings is 1. The number of fused-ring (bicyclic) bond motifs is 1. The van der Waals surface area contributed by atoms with Crippen LogP contribution in [0.4, 0.5) is 5.69 Å². The van der Waals surface area contributed by atoms with Gasteiger partial charge in [0.05, 0.1) is 11.2 Å². The minimum atomic E-state index is 0.651. The van der Waals surface area contributed by atoms with Crippen molar-refractivity contribution >= 4 is 16.6 Å². The first-order chi connectivity index (χ1) is 17.3. The van der Waals surface area contributed by atoms with Crippen molar-refractivity contribution in [2.75, 3.05) is 44.2 Å². The highest BCUT2D eigenvalue weighted by molar-refractivity contribution is 5.90. The summed E-state index contributed by atoms with van der Waals surface area (Å²) in [5.41, 5.74) is 3.79. The van der Waals surface area contributed by atoms with Crippen molar-refractivity contribution in [3.63, 3.8) is 0 Å². The Balaban J connectivity index is 0.982. The number of piperazine rings is 1. The number of para-hydroxylation sites is 1. The Morgan fingerprint density at radius 1 is 0.886 bits per heavy atom. The molecule has 1 aromatic heterocycles. The summed E-state index contributed by atoms with van der Waals surface area (Å²) in [7, 11) is 0. The van der Waals surface area contributed by atoms with Crippen LogP contribution in [0, 0.1) is 0 Å². The van der Waals surface area contributed by atoms with Gasteiger partial charge in [-0.15, -0.1) is 0 Å². The first kappa shape index (κ1) is 22.2. The molecule has 6 nitrogen and oxygen atoms in total. The lowest BCUT2D eigenvalue weighted by Gasteiger charge is -2.44. The highest BCUT2D eigenvalue weighted by atomic mass is 16.6. The summed E-state index contributed by atoms with van der Waals surface area (Å²) < 4.78 is 11.9. The number of pyridine rings is 1. The molecule has 0 saturated carbocycles. The van der Waals surface area contributed by atoms with E-state index < -0.39 is 0 Å². The van der Waals surface area contributed by atoms with Gasteiger partial charge >= 0.3 is 0 Å². The number of aromatic nitrogens is 1. The summed E-state index contributed by atoms with van der Waals surface area (Å²) >= 11 is 0. The van der Waals surface area contributed by atoms with E-state index in [1.807, 2.05) is 12.3 Å². The van der Waals surface area contributed by atoms with Crippen LogP contribution in [0.2, 0.25) is 0 Å². The first-order valence-electron chi connectivity index (χ1n) is 13.0. The molecule has 1 aliphatic carbocycles. The molecular weight excluding hydrogens is 436 g/mol. The van der Waals surface area contributed by atoms with Crippen LogP contribution in [0.5, 0.6) is 0 Å². The average Bonchev–Trinajstić information content (AvgIpc) is 2.94. The maximum absolute atomic E-state index is 5.97. The number of anilines is 1. The predicted molar refractivity (Wildman–Crippen MR) is 140 cm³/mol. The number of piperidine rings is 1. The van der Waals surface area contributed by atoms with E-state index >= 15 is 0 Å². The van der Waals surface area contributed by atoms with Crippen LogP contribution in [0.1, 0.15) is 32.1 Å². The highest BCUT2D eigenvalue weighted by Gasteiger charge is 2.29. The van der Waals surface area contributed by atoms with Crippen LogP contribution in [-0.4, -0.2) is 60.1 Å². The topological polar surface area (TPSA) is 41.1 Å². The van der Waals surface area contributed by atoms with Gasteiger partial charge in [-0.05, 0) is 37.8 Å². The number of rotatable bonds is 5. The Morgan fingerprint density at radius 2 is 1.74 bits per heavy atom. The van der Waals surface area contributed by atoms with Gasteiger partial charge < -0.3 is 19.3 Å². The third kappa shape index (κ3) is 4.94. The molecule has 2 fully saturated rings. The van der Waals surface area contributed by atoms with E-state index in [0.717, 1.165) is 75.7 Å². The van der Waals surface area contributed by atoms with Crippen molar-refractivity contribution in [2.24, 2.45) is 0 Å². The summed E-state index contributed by atoms with van der Waals surface area (Å²) in [5, 5.41) is 1.22. The van der Waals surface area contributed by atoms with E-state index in [1.54, 1.807) is 12.5 Å². The van der Waals surface area contributed by atoms with Crippen molar-refractivity contribution in [2.45, 2.75) is 38.1 Å². The molecule has 0 unspecified atom stereocenters. The second-order valence-electron chi connectivity index (χ2n) is 9.84. The van der Waals surface area contributed by atoms with E-state index in [4.69, 9.17) is 9.47 Å². The normalized spacial score (nSPS) is 21.8. The van der Waals surface area contributed by atoms with Gasteiger partial charge in [0.25, 0.3) is 0 Å². The SMILES string of the molecule is C1=CCCC(CC2=COC(N3CCN(C4CCN(c5cccc6cccnc56)CC4)CC3)=CO2)=C1. The Labute approximate surface area is 207 Å². The van der Waals surface area contributed by atoms with Gasteiger partial charge in [-0.25, -0.2) is 0 Å². The maximum atomic E-state index is 5.97. The van der Waals surface area contributed by atoms with Crippen LogP contribution < -0.4 is 4.90 Å². The van der Waals surface area contributed by atoms with Crippen LogP contribution in [-0.2, 0) is 9.47 Å². The number of nitrogens with zero attached hydrogens (tertiary/aromatic N) is 4. The summed E-state index contributed by atoms with van der Waals surface area (Å²) in [6.45, 7) is 6.25. The smallest absolute Gasteiger partial charge is 0.231 e. The van der Waals surface area contributed by atoms with Crippen molar-refractivity contribution < 1.29 is 9.47 Å². The Kier molecular flexibility index (Phi) is 6.45. The Bertz CT molecular complexity index is 1160. The van der Waals surface area contributed by atoms with Gasteiger partial charge in [0.2, 0.25) is 5.88 Å². The molecule has 2 saturated heterocycles. The molecule has 2 aromatic rings. The van der Waals surface area contributed by atoms with Gasteiger partial charge in [0.1, 0.15) is 12.0 Å². The van der Waals surface area contributed by atoms with Crippen molar-refractivity contribution in [1.82, 2.24) is 14.8 Å². The molecule has 0 spiro atoms. The lowest BCUT2D eigenvalue weighted by Crippen LogP contribution is -2.53. The second kappa shape index (κ2) is 10.2.